The van der Waals surface area contributed by atoms with Crippen LogP contribution in [0, 0.1) is 38.7 Å². The molecule has 0 unspecified atom stereocenters. The van der Waals surface area contributed by atoms with Gasteiger partial charge in [0.15, 0.2) is 0 Å². The van der Waals surface area contributed by atoms with E-state index in [-0.39, 0.29) is 22.6 Å². The van der Waals surface area contributed by atoms with Crippen LogP contribution in [0.1, 0.15) is 69.2 Å². The molecule has 1 aromatic heterocycles. The monoisotopic (exact) mass is 515 g/mol. The summed E-state index contributed by atoms with van der Waals surface area (Å²) in [6, 6.07) is 7.50. The van der Waals surface area contributed by atoms with E-state index in [1.54, 1.807) is 6.20 Å². The first-order valence-electron chi connectivity index (χ1n) is 13.6. The molecule has 0 radical (unpaired) electrons. The van der Waals surface area contributed by atoms with Crippen molar-refractivity contribution in [1.82, 2.24) is 9.78 Å². The number of hydrogen-bond donors (Lipinski definition) is 0. The minimum atomic E-state index is -0.479. The lowest BCUT2D eigenvalue weighted by atomic mass is 9.48. The SMILES string of the molecule is C[C@]12CC[C@H](OC(=O)c3ccc([N+](=O)[O-])cc3)CC1=CC[C@@H]1[C@@H]2CC[C@]2(C)C(n3cccn3)=C(C=O)C[C@@H]12. The van der Waals surface area contributed by atoms with Crippen LogP contribution in [-0.2, 0) is 9.53 Å². The zero-order chi connectivity index (χ0) is 26.7. The van der Waals surface area contributed by atoms with E-state index in [2.05, 4.69) is 25.0 Å². The molecule has 4 aliphatic rings. The van der Waals surface area contributed by atoms with Crippen molar-refractivity contribution in [3.63, 3.8) is 0 Å². The predicted molar refractivity (Wildman–Crippen MR) is 141 cm³/mol. The van der Waals surface area contributed by atoms with Gasteiger partial charge in [0.25, 0.3) is 5.69 Å². The van der Waals surface area contributed by atoms with Crippen molar-refractivity contribution >= 4 is 23.6 Å². The van der Waals surface area contributed by atoms with Crippen LogP contribution in [0.2, 0.25) is 0 Å². The van der Waals surface area contributed by atoms with Gasteiger partial charge in [-0.25, -0.2) is 9.48 Å². The molecule has 0 N–H and O–H groups in total. The van der Waals surface area contributed by atoms with Crippen molar-refractivity contribution in [2.24, 2.45) is 28.6 Å². The number of nitro benzene ring substituents is 1. The zero-order valence-corrected chi connectivity index (χ0v) is 21.8. The lowest BCUT2D eigenvalue weighted by molar-refractivity contribution is -0.384. The fourth-order valence-electron chi connectivity index (χ4n) is 8.27. The number of aldehydes is 1. The van der Waals surface area contributed by atoms with Crippen molar-refractivity contribution < 1.29 is 19.2 Å². The van der Waals surface area contributed by atoms with Gasteiger partial charge in [-0.05, 0) is 79.9 Å². The molecule has 0 bridgehead atoms. The average molecular weight is 516 g/mol. The van der Waals surface area contributed by atoms with Gasteiger partial charge in [-0.2, -0.15) is 5.10 Å². The van der Waals surface area contributed by atoms with Crippen LogP contribution in [0.4, 0.5) is 5.69 Å². The van der Waals surface area contributed by atoms with Gasteiger partial charge in [0.1, 0.15) is 12.4 Å². The number of carbonyl (C=O) groups excluding carboxylic acids is 2. The first-order chi connectivity index (χ1) is 18.2. The third-order valence-corrected chi connectivity index (χ3v) is 10.2. The van der Waals surface area contributed by atoms with Gasteiger partial charge in [0.2, 0.25) is 0 Å². The third kappa shape index (κ3) is 3.76. The highest BCUT2D eigenvalue weighted by molar-refractivity contribution is 5.89. The van der Waals surface area contributed by atoms with E-state index in [9.17, 15) is 19.7 Å². The van der Waals surface area contributed by atoms with Crippen LogP contribution in [0.5, 0.6) is 0 Å². The number of fused-ring (bicyclic) bond motifs is 5. The summed E-state index contributed by atoms with van der Waals surface area (Å²) in [5, 5.41) is 15.4. The summed E-state index contributed by atoms with van der Waals surface area (Å²) >= 11 is 0. The Morgan fingerprint density at radius 2 is 1.89 bits per heavy atom. The highest BCUT2D eigenvalue weighted by atomic mass is 16.6. The topological polar surface area (TPSA) is 104 Å². The van der Waals surface area contributed by atoms with Crippen molar-refractivity contribution in [1.29, 1.82) is 0 Å². The maximum absolute atomic E-state index is 12.8. The van der Waals surface area contributed by atoms with Gasteiger partial charge in [-0.3, -0.25) is 14.9 Å². The molecule has 2 aromatic rings. The molecule has 6 rings (SSSR count). The highest BCUT2D eigenvalue weighted by Gasteiger charge is 2.58. The molecule has 1 aromatic carbocycles. The Morgan fingerprint density at radius 1 is 1.13 bits per heavy atom. The summed E-state index contributed by atoms with van der Waals surface area (Å²) in [7, 11) is 0. The van der Waals surface area contributed by atoms with Crippen LogP contribution in [0.15, 0.2) is 59.9 Å². The second-order valence-corrected chi connectivity index (χ2v) is 11.9. The van der Waals surface area contributed by atoms with Gasteiger partial charge in [-0.1, -0.05) is 25.5 Å². The number of ether oxygens (including phenoxy) is 1. The Balaban J connectivity index is 1.19. The van der Waals surface area contributed by atoms with Crippen molar-refractivity contribution in [3.05, 3.63) is 75.6 Å². The number of carbonyl (C=O) groups is 2. The number of aromatic nitrogens is 2. The van der Waals surface area contributed by atoms with Crippen molar-refractivity contribution in [3.8, 4) is 0 Å². The maximum atomic E-state index is 12.8. The number of nitrogens with zero attached hydrogens (tertiary/aromatic N) is 3. The highest BCUT2D eigenvalue weighted by Crippen LogP contribution is 2.66. The molecule has 0 spiro atoms. The summed E-state index contributed by atoms with van der Waals surface area (Å²) in [5.74, 6) is 1.02. The summed E-state index contributed by atoms with van der Waals surface area (Å²) in [5.41, 5.74) is 3.66. The molecular formula is C30H33N3O5. The minimum absolute atomic E-state index is 0.0463. The Morgan fingerprint density at radius 3 is 2.58 bits per heavy atom. The first-order valence-corrected chi connectivity index (χ1v) is 13.6. The number of rotatable bonds is 5. The summed E-state index contributed by atoms with van der Waals surface area (Å²) < 4.78 is 7.79. The van der Waals surface area contributed by atoms with Crippen LogP contribution in [-0.4, -0.2) is 33.1 Å². The lowest BCUT2D eigenvalue weighted by Crippen LogP contribution is -2.50. The third-order valence-electron chi connectivity index (χ3n) is 10.2. The molecule has 0 saturated heterocycles. The average Bonchev–Trinajstić information content (AvgIpc) is 3.54. The Bertz CT molecular complexity index is 1340. The number of benzene rings is 1. The summed E-state index contributed by atoms with van der Waals surface area (Å²) in [4.78, 5) is 35.3. The van der Waals surface area contributed by atoms with Crippen molar-refractivity contribution in [2.75, 3.05) is 0 Å². The Kier molecular flexibility index (Phi) is 5.89. The molecule has 0 amide bonds. The van der Waals surface area contributed by atoms with Gasteiger partial charge >= 0.3 is 5.97 Å². The lowest BCUT2D eigenvalue weighted by Gasteiger charge is -2.57. The molecule has 6 atom stereocenters. The Hall–Kier alpha value is -3.55. The van der Waals surface area contributed by atoms with Crippen LogP contribution in [0.3, 0.4) is 0 Å². The van der Waals surface area contributed by atoms with E-state index in [4.69, 9.17) is 4.74 Å². The van der Waals surface area contributed by atoms with Gasteiger partial charge < -0.3 is 4.74 Å². The number of nitro groups is 1. The van der Waals surface area contributed by atoms with E-state index in [1.165, 1.54) is 29.8 Å². The number of non-ortho nitro benzene ring substituents is 1. The van der Waals surface area contributed by atoms with Gasteiger partial charge in [-0.15, -0.1) is 0 Å². The molecule has 8 heteroatoms. The number of esters is 1. The predicted octanol–water partition coefficient (Wildman–Crippen LogP) is 6.00. The van der Waals surface area contributed by atoms with E-state index in [0.717, 1.165) is 62.5 Å². The second-order valence-electron chi connectivity index (χ2n) is 11.9. The fraction of sp³-hybridized carbons (Fsp3) is 0.500. The summed E-state index contributed by atoms with van der Waals surface area (Å²) in [6.07, 6.45) is 13.4. The molecule has 4 aliphatic carbocycles. The van der Waals surface area contributed by atoms with Crippen LogP contribution < -0.4 is 0 Å². The molecule has 8 nitrogen and oxygen atoms in total. The van der Waals surface area contributed by atoms with E-state index in [1.807, 2.05) is 16.9 Å². The van der Waals surface area contributed by atoms with Crippen LogP contribution in [0.25, 0.3) is 5.70 Å². The van der Waals surface area contributed by atoms with E-state index < -0.39 is 10.9 Å². The maximum Gasteiger partial charge on any atom is 0.338 e. The van der Waals surface area contributed by atoms with Crippen LogP contribution >= 0.6 is 0 Å². The van der Waals surface area contributed by atoms with Crippen molar-refractivity contribution in [2.45, 2.75) is 64.9 Å². The zero-order valence-electron chi connectivity index (χ0n) is 21.8. The Labute approximate surface area is 221 Å². The molecule has 198 valence electrons. The van der Waals surface area contributed by atoms with Gasteiger partial charge in [0, 0.05) is 41.9 Å². The quantitative estimate of drug-likeness (QED) is 0.159. The number of hydrogen-bond acceptors (Lipinski definition) is 6. The van der Waals surface area contributed by atoms with E-state index in [0.29, 0.717) is 23.3 Å². The molecular weight excluding hydrogens is 482 g/mol. The molecule has 2 fully saturated rings. The second kappa shape index (κ2) is 9.03. The smallest absolute Gasteiger partial charge is 0.338 e. The standard InChI is InChI=1S/C30H33N3O5/c1-29-12-10-23(38-28(35)19-4-7-22(8-5-19)33(36)37)17-21(29)6-9-24-25(29)11-13-30(2)26(24)16-20(18-34)27(30)32-15-3-14-31-32/h3-8,14-15,18,23-26H,9-13,16-17H2,1-2H3/t23-,24+,25-,26-,29-,30-/m0/s1. The first kappa shape index (κ1) is 24.8. The molecule has 1 heterocycles. The molecule has 0 aliphatic heterocycles. The normalized spacial score (nSPS) is 34.0. The van der Waals surface area contributed by atoms with E-state index >= 15 is 0 Å². The summed E-state index contributed by atoms with van der Waals surface area (Å²) in [6.45, 7) is 4.72. The molecule has 38 heavy (non-hydrogen) atoms. The number of allylic oxidation sites excluding steroid dienone is 3. The van der Waals surface area contributed by atoms with Gasteiger partial charge in [0.05, 0.1) is 16.2 Å². The molecule has 2 saturated carbocycles. The minimum Gasteiger partial charge on any atom is -0.458 e. The largest absolute Gasteiger partial charge is 0.458 e. The fourth-order valence-corrected chi connectivity index (χ4v) is 8.27.